The number of aliphatic hydroxyl groups excluding tert-OH is 1. The zero-order valence-electron chi connectivity index (χ0n) is 31.3. The number of ether oxygens (including phenoxy) is 2. The molecule has 0 saturated carbocycles. The van der Waals surface area contributed by atoms with Crippen molar-refractivity contribution in [3.05, 3.63) is 70.3 Å². The van der Waals surface area contributed by atoms with Crippen LogP contribution in [0.5, 0.6) is 11.5 Å². The third kappa shape index (κ3) is 6.99. The maximum absolute atomic E-state index is 13.7. The largest absolute Gasteiger partial charge is 0.489 e. The molecular weight excluding hydrogens is 724 g/mol. The highest BCUT2D eigenvalue weighted by Gasteiger charge is 2.30. The summed E-state index contributed by atoms with van der Waals surface area (Å²) in [4.78, 5) is 61.2. The number of nitrogens with zero attached hydrogens (tertiary/aromatic N) is 8. The summed E-state index contributed by atoms with van der Waals surface area (Å²) in [6.45, 7) is 8.44. The first kappa shape index (κ1) is 37.6. The Balaban J connectivity index is 1.25. The number of carbonyl (C=O) groups is 4. The summed E-state index contributed by atoms with van der Waals surface area (Å²) in [6, 6.07) is 9.16. The van der Waals surface area contributed by atoms with Gasteiger partial charge in [-0.3, -0.25) is 39.2 Å². The number of anilines is 2. The summed E-state index contributed by atoms with van der Waals surface area (Å²) >= 11 is 0. The SMILES string of the molecule is CCn1nc(C)cc1C(=O)Nc1nc2cc(C(N)=O)cc(OCCO)c2n1CCC[C@H]1COc2cc(C(N)=O)cc3nc(NC(=O)c4cc(C)nn4CC)n1c23. The molecule has 1 aliphatic heterocycles. The number of hydrogen-bond donors (Lipinski definition) is 5. The molecule has 56 heavy (non-hydrogen) atoms. The van der Waals surface area contributed by atoms with Crippen molar-refractivity contribution in [2.24, 2.45) is 11.5 Å². The molecule has 1 atom stereocenters. The van der Waals surface area contributed by atoms with Crippen LogP contribution < -0.4 is 31.6 Å². The van der Waals surface area contributed by atoms with E-state index in [-0.39, 0.29) is 54.6 Å². The Bertz CT molecular complexity index is 2530. The maximum atomic E-state index is 13.7. The standard InChI is InChI=1S/C37H42N12O7/c1-5-47-26(12-19(3)44-47)34(53)42-36-40-24-14-21(32(38)51)16-28(55-11-10-50)30(24)46(36)9-7-8-23-18-56-29-17-22(33(39)52)15-25-31(29)49(23)37(41-25)43-35(54)27-13-20(4)45-48(27)6-2/h12-17,23,50H,5-11,18H2,1-4H3,(H2,38,51)(H2,39,52)(H,40,42,53)(H,41,43,54)/t23-/m0/s1. The first-order valence-corrected chi connectivity index (χ1v) is 18.2. The number of carbonyl (C=O) groups excluding carboxylic acids is 4. The van der Waals surface area contributed by atoms with Gasteiger partial charge in [0.1, 0.15) is 47.1 Å². The number of aromatic nitrogens is 8. The van der Waals surface area contributed by atoms with Crippen LogP contribution in [0.15, 0.2) is 36.4 Å². The normalized spacial score (nSPS) is 13.6. The molecular formula is C37H42N12O7. The summed E-state index contributed by atoms with van der Waals surface area (Å²) in [5.74, 6) is -1.10. The van der Waals surface area contributed by atoms with E-state index in [0.717, 1.165) is 0 Å². The van der Waals surface area contributed by atoms with Gasteiger partial charge in [0.25, 0.3) is 11.8 Å². The van der Waals surface area contributed by atoms with Gasteiger partial charge in [-0.1, -0.05) is 0 Å². The summed E-state index contributed by atoms with van der Waals surface area (Å²) in [7, 11) is 0. The van der Waals surface area contributed by atoms with Gasteiger partial charge in [0, 0.05) is 30.8 Å². The highest BCUT2D eigenvalue weighted by molar-refractivity contribution is 6.05. The van der Waals surface area contributed by atoms with Gasteiger partial charge in [-0.05, 0) is 76.9 Å². The van der Waals surface area contributed by atoms with E-state index in [4.69, 9.17) is 30.9 Å². The first-order valence-electron chi connectivity index (χ1n) is 18.2. The van der Waals surface area contributed by atoms with Gasteiger partial charge in [0.15, 0.2) is 0 Å². The third-order valence-corrected chi connectivity index (χ3v) is 9.51. The number of fused-ring (bicyclic) bond motifs is 1. The molecule has 0 saturated heterocycles. The van der Waals surface area contributed by atoms with Gasteiger partial charge in [0.05, 0.1) is 35.1 Å². The smallest absolute Gasteiger partial charge is 0.276 e. The second kappa shape index (κ2) is 15.2. The predicted octanol–water partition coefficient (Wildman–Crippen LogP) is 2.92. The van der Waals surface area contributed by atoms with Gasteiger partial charge in [0.2, 0.25) is 23.7 Å². The number of aryl methyl sites for hydroxylation is 5. The molecule has 5 heterocycles. The molecule has 0 fully saturated rings. The van der Waals surface area contributed by atoms with E-state index in [1.165, 1.54) is 12.1 Å². The molecule has 6 aromatic rings. The fourth-order valence-corrected chi connectivity index (χ4v) is 7.07. The average Bonchev–Trinajstić information content (AvgIpc) is 3.94. The predicted molar refractivity (Wildman–Crippen MR) is 204 cm³/mol. The summed E-state index contributed by atoms with van der Waals surface area (Å²) in [5.41, 5.74) is 15.5. The molecule has 7 rings (SSSR count). The van der Waals surface area contributed by atoms with E-state index in [9.17, 15) is 24.3 Å². The molecule has 292 valence electrons. The van der Waals surface area contributed by atoms with Crippen molar-refractivity contribution in [3.8, 4) is 11.5 Å². The van der Waals surface area contributed by atoms with E-state index < -0.39 is 23.6 Å². The highest BCUT2D eigenvalue weighted by atomic mass is 16.5. The topological polar surface area (TPSA) is 254 Å². The Kier molecular flexibility index (Phi) is 10.2. The fourth-order valence-electron chi connectivity index (χ4n) is 7.07. The minimum atomic E-state index is -0.701. The van der Waals surface area contributed by atoms with Crippen molar-refractivity contribution in [2.45, 2.75) is 66.2 Å². The number of benzene rings is 2. The Morgan fingerprint density at radius 1 is 0.839 bits per heavy atom. The van der Waals surface area contributed by atoms with E-state index >= 15 is 0 Å². The van der Waals surface area contributed by atoms with E-state index in [1.54, 1.807) is 52.0 Å². The van der Waals surface area contributed by atoms with Crippen LogP contribution in [0.25, 0.3) is 22.1 Å². The fraction of sp³-hybridized carbons (Fsp3) is 0.351. The van der Waals surface area contributed by atoms with Crippen LogP contribution in [0.4, 0.5) is 11.9 Å². The van der Waals surface area contributed by atoms with Crippen molar-refractivity contribution in [1.29, 1.82) is 0 Å². The lowest BCUT2D eigenvalue weighted by molar-refractivity contribution is 0.0991. The van der Waals surface area contributed by atoms with Crippen LogP contribution in [0, 0.1) is 13.8 Å². The lowest BCUT2D eigenvalue weighted by Crippen LogP contribution is -2.26. The number of nitrogens with two attached hydrogens (primary N) is 2. The first-order chi connectivity index (χ1) is 26.9. The molecule has 0 radical (unpaired) electrons. The zero-order chi connectivity index (χ0) is 39.8. The molecule has 19 heteroatoms. The lowest BCUT2D eigenvalue weighted by atomic mass is 10.1. The van der Waals surface area contributed by atoms with E-state index in [2.05, 4.69) is 20.8 Å². The number of primary amides is 2. The van der Waals surface area contributed by atoms with Gasteiger partial charge >= 0.3 is 0 Å². The molecule has 0 aliphatic carbocycles. The maximum Gasteiger partial charge on any atom is 0.276 e. The van der Waals surface area contributed by atoms with Gasteiger partial charge in [-0.2, -0.15) is 10.2 Å². The quantitative estimate of drug-likeness (QED) is 0.102. The molecule has 0 bridgehead atoms. The van der Waals surface area contributed by atoms with Crippen molar-refractivity contribution in [2.75, 3.05) is 30.5 Å². The number of nitrogens with one attached hydrogen (secondary N) is 2. The summed E-state index contributed by atoms with van der Waals surface area (Å²) in [6.07, 6.45) is 0.966. The summed E-state index contributed by atoms with van der Waals surface area (Å²) in [5, 5.41) is 24.2. The zero-order valence-corrected chi connectivity index (χ0v) is 31.3. The van der Waals surface area contributed by atoms with Gasteiger partial charge in [-0.25, -0.2) is 9.97 Å². The molecule has 4 aromatic heterocycles. The van der Waals surface area contributed by atoms with E-state index in [1.807, 2.05) is 18.4 Å². The Labute approximate surface area is 319 Å². The number of rotatable bonds is 15. The number of hydrogen-bond acceptors (Lipinski definition) is 11. The van der Waals surface area contributed by atoms with Gasteiger partial charge < -0.3 is 35.2 Å². The molecule has 4 amide bonds. The molecule has 0 spiro atoms. The molecule has 2 aromatic carbocycles. The average molecular weight is 767 g/mol. The second-order valence-electron chi connectivity index (χ2n) is 13.4. The molecule has 19 nitrogen and oxygen atoms in total. The van der Waals surface area contributed by atoms with Crippen LogP contribution in [0.3, 0.4) is 0 Å². The van der Waals surface area contributed by atoms with Crippen LogP contribution in [-0.2, 0) is 19.6 Å². The van der Waals surface area contributed by atoms with Crippen molar-refractivity contribution < 1.29 is 33.8 Å². The van der Waals surface area contributed by atoms with Crippen LogP contribution in [0.2, 0.25) is 0 Å². The molecule has 7 N–H and O–H groups in total. The Morgan fingerprint density at radius 2 is 1.41 bits per heavy atom. The lowest BCUT2D eigenvalue weighted by Gasteiger charge is -2.27. The highest BCUT2D eigenvalue weighted by Crippen LogP contribution is 2.39. The monoisotopic (exact) mass is 766 g/mol. The number of amides is 4. The summed E-state index contributed by atoms with van der Waals surface area (Å²) < 4.78 is 18.9. The number of aliphatic hydroxyl groups is 1. The number of imidazole rings is 2. The second-order valence-corrected chi connectivity index (χ2v) is 13.4. The minimum Gasteiger partial charge on any atom is -0.489 e. The van der Waals surface area contributed by atoms with Crippen LogP contribution >= 0.6 is 0 Å². The van der Waals surface area contributed by atoms with Crippen molar-refractivity contribution in [1.82, 2.24) is 38.7 Å². The van der Waals surface area contributed by atoms with Crippen molar-refractivity contribution >= 4 is 57.6 Å². The Hall–Kier alpha value is -6.76. The minimum absolute atomic E-state index is 0.0703. The van der Waals surface area contributed by atoms with Crippen LogP contribution in [-0.4, -0.2) is 87.2 Å². The van der Waals surface area contributed by atoms with Gasteiger partial charge in [-0.15, -0.1) is 0 Å². The van der Waals surface area contributed by atoms with Crippen molar-refractivity contribution in [3.63, 3.8) is 0 Å². The molecule has 1 aliphatic rings. The third-order valence-electron chi connectivity index (χ3n) is 9.51. The Morgan fingerprint density at radius 3 is 2.00 bits per heavy atom. The molecule has 0 unspecified atom stereocenters. The van der Waals surface area contributed by atoms with Crippen LogP contribution in [0.1, 0.15) is 85.8 Å². The van der Waals surface area contributed by atoms with E-state index in [0.29, 0.717) is 83.1 Å².